The molecule has 0 spiro atoms. The predicted molar refractivity (Wildman–Crippen MR) is 201 cm³/mol. The monoisotopic (exact) mass is 766 g/mol. The largest absolute Gasteiger partial charge is 0.497 e. The molecule has 4 atom stereocenters. The molecule has 3 N–H and O–H groups in total. The molecular formula is C40H39N4O10P. The van der Waals surface area contributed by atoms with Gasteiger partial charge >= 0.3 is 14.3 Å². The maximum absolute atomic E-state index is 13.4. The number of amides is 1. The second-order valence-electron chi connectivity index (χ2n) is 12.3. The summed E-state index contributed by atoms with van der Waals surface area (Å²) in [5.74, 6) is -1.45. The quantitative estimate of drug-likeness (QED) is 0.0485. The Hall–Kier alpha value is -5.49. The molecule has 55 heavy (non-hydrogen) atoms. The van der Waals surface area contributed by atoms with Crippen molar-refractivity contribution in [2.45, 2.75) is 36.6 Å². The molecule has 1 aromatic heterocycles. The highest BCUT2D eigenvalue weighted by Gasteiger charge is 2.53. The minimum atomic E-state index is -2.71. The van der Waals surface area contributed by atoms with Crippen LogP contribution >= 0.6 is 8.60 Å². The number of rotatable bonds is 16. The van der Waals surface area contributed by atoms with Gasteiger partial charge in [-0.25, -0.2) is 4.79 Å². The predicted octanol–water partition coefficient (Wildman–Crippen LogP) is 5.66. The number of carbonyl (C=O) groups excluding carboxylic acids is 1. The first-order valence-corrected chi connectivity index (χ1v) is 18.3. The average Bonchev–Trinajstić information content (AvgIpc) is 3.54. The molecule has 1 saturated heterocycles. The Morgan fingerprint density at radius 1 is 0.945 bits per heavy atom. The van der Waals surface area contributed by atoms with E-state index < -0.39 is 43.9 Å². The lowest BCUT2D eigenvalue weighted by molar-refractivity contribution is -0.201. The van der Waals surface area contributed by atoms with Crippen LogP contribution in [0.3, 0.4) is 0 Å². The van der Waals surface area contributed by atoms with E-state index in [0.29, 0.717) is 28.2 Å². The van der Waals surface area contributed by atoms with Gasteiger partial charge in [-0.1, -0.05) is 72.8 Å². The molecule has 6 rings (SSSR count). The van der Waals surface area contributed by atoms with Crippen LogP contribution in [0.4, 0.5) is 5.82 Å². The lowest BCUT2D eigenvalue weighted by Gasteiger charge is -2.38. The highest BCUT2D eigenvalue weighted by atomic mass is 31.2. The minimum absolute atomic E-state index is 0.0101. The van der Waals surface area contributed by atoms with Crippen LogP contribution in [0.15, 0.2) is 126 Å². The van der Waals surface area contributed by atoms with Gasteiger partial charge in [0.25, 0.3) is 5.91 Å². The fraction of sp³-hybridized carbons (Fsp3) is 0.250. The van der Waals surface area contributed by atoms with Gasteiger partial charge in [0.05, 0.1) is 46.3 Å². The molecule has 1 unspecified atom stereocenters. The molecule has 0 saturated carbocycles. The number of carbonyl (C=O) groups is 1. The summed E-state index contributed by atoms with van der Waals surface area (Å²) >= 11 is 0. The molecule has 5 aromatic rings. The van der Waals surface area contributed by atoms with E-state index >= 15 is 0 Å². The van der Waals surface area contributed by atoms with Gasteiger partial charge in [-0.05, 0) is 59.2 Å². The van der Waals surface area contributed by atoms with E-state index in [2.05, 4.69) is 10.3 Å². The number of hydrogen-bond donors (Lipinski definition) is 3. The topological polar surface area (TPSA) is 184 Å². The number of aliphatic hydroxyl groups is 1. The number of benzene rings is 4. The number of anilines is 1. The molecule has 2 heterocycles. The fourth-order valence-corrected chi connectivity index (χ4v) is 7.00. The van der Waals surface area contributed by atoms with Gasteiger partial charge in [0.15, 0.2) is 0 Å². The van der Waals surface area contributed by atoms with E-state index in [1.807, 2.05) is 84.9 Å². The average molecular weight is 767 g/mol. The smallest absolute Gasteiger partial charge is 0.351 e. The van der Waals surface area contributed by atoms with Crippen molar-refractivity contribution in [2.24, 2.45) is 0 Å². The molecule has 1 aliphatic rings. The number of aromatic nitrogens is 2. The van der Waals surface area contributed by atoms with E-state index in [1.165, 1.54) is 12.3 Å². The summed E-state index contributed by atoms with van der Waals surface area (Å²) in [6.45, 7) is -0.486. The summed E-state index contributed by atoms with van der Waals surface area (Å²) < 4.78 is 36.3. The van der Waals surface area contributed by atoms with Gasteiger partial charge in [0.1, 0.15) is 35.2 Å². The third kappa shape index (κ3) is 8.91. The highest BCUT2D eigenvalue weighted by Crippen LogP contribution is 2.48. The molecule has 15 heteroatoms. The van der Waals surface area contributed by atoms with Crippen LogP contribution in [0.5, 0.6) is 11.5 Å². The molecule has 284 valence electrons. The van der Waals surface area contributed by atoms with Crippen molar-refractivity contribution in [2.75, 3.05) is 32.8 Å². The number of ether oxygens (including phenoxy) is 4. The Kier molecular flexibility index (Phi) is 12.7. The van der Waals surface area contributed by atoms with Crippen LogP contribution in [-0.2, 0) is 24.1 Å². The molecule has 14 nitrogen and oxygen atoms in total. The number of methoxy groups -OCH3 is 2. The standard InChI is InChI=1S/C40H39N4O10P/c1-49-32-18-14-30(15-19-32)40(29-12-7-4-8-13-29,31-16-20-33(50-2)21-17-31)51-27-34-39(47,54-55(48)52-25-9-23-41)26-36(53-34)44-24-22-35(43-38(44)46)42-37(45)28-10-5-3-6-11-28/h3-8,10-22,24,34,36,47-48H,9,25-27H2,1-2H3,(H,42,43,45,46)/t34-,36-,39-,55?/m1/s1. The molecule has 1 aliphatic heterocycles. The molecular weight excluding hydrogens is 727 g/mol. The first-order chi connectivity index (χ1) is 26.7. The molecule has 0 bridgehead atoms. The summed E-state index contributed by atoms with van der Waals surface area (Å²) in [6.07, 6.45) is -1.49. The highest BCUT2D eigenvalue weighted by molar-refractivity contribution is 7.40. The normalized spacial score (nSPS) is 18.6. The Morgan fingerprint density at radius 3 is 2.09 bits per heavy atom. The van der Waals surface area contributed by atoms with Gasteiger partial charge < -0.3 is 38.8 Å². The van der Waals surface area contributed by atoms with E-state index in [1.54, 1.807) is 44.6 Å². The maximum atomic E-state index is 13.4. The summed E-state index contributed by atoms with van der Waals surface area (Å²) in [7, 11) is 0.437. The SMILES string of the molecule is COc1ccc(C(OC[C@H]2O[C@@H](n3ccc(NC(=O)c4ccccc4)nc3=O)C[C@@]2(O)OP(O)OCCC#N)(c2ccccc2)c2ccc(OC)cc2)cc1. The number of nitrogens with one attached hydrogen (secondary N) is 1. The van der Waals surface area contributed by atoms with Gasteiger partial charge in [-0.2, -0.15) is 10.2 Å². The van der Waals surface area contributed by atoms with Gasteiger partial charge in [-0.3, -0.25) is 13.9 Å². The van der Waals surface area contributed by atoms with Gasteiger partial charge in [0.2, 0.25) is 5.79 Å². The summed E-state index contributed by atoms with van der Waals surface area (Å²) in [4.78, 5) is 40.8. The minimum Gasteiger partial charge on any atom is -0.497 e. The second-order valence-corrected chi connectivity index (χ2v) is 13.3. The summed E-state index contributed by atoms with van der Waals surface area (Å²) in [5.41, 5.74) is 0.439. The summed E-state index contributed by atoms with van der Waals surface area (Å²) in [6, 6.07) is 36.0. The fourth-order valence-electron chi connectivity index (χ4n) is 6.24. The Labute approximate surface area is 318 Å². The van der Waals surface area contributed by atoms with Crippen molar-refractivity contribution in [3.8, 4) is 17.6 Å². The van der Waals surface area contributed by atoms with Crippen molar-refractivity contribution in [3.63, 3.8) is 0 Å². The number of nitrogens with zero attached hydrogens (tertiary/aromatic N) is 3. The molecule has 1 amide bonds. The second kappa shape index (κ2) is 17.8. The Bertz CT molecular complexity index is 2090. The van der Waals surface area contributed by atoms with Gasteiger partial charge in [-0.15, -0.1) is 0 Å². The lowest BCUT2D eigenvalue weighted by Crippen LogP contribution is -2.45. The zero-order valence-electron chi connectivity index (χ0n) is 30.0. The number of nitriles is 1. The third-order valence-electron chi connectivity index (χ3n) is 8.99. The van der Waals surface area contributed by atoms with Crippen LogP contribution in [-0.4, -0.2) is 64.8 Å². The maximum Gasteiger partial charge on any atom is 0.351 e. The van der Waals surface area contributed by atoms with Crippen LogP contribution in [0.1, 0.15) is 46.1 Å². The Balaban J connectivity index is 1.35. The zero-order valence-corrected chi connectivity index (χ0v) is 30.9. The van der Waals surface area contributed by atoms with Crippen molar-refractivity contribution >= 4 is 20.3 Å². The van der Waals surface area contributed by atoms with Crippen LogP contribution < -0.4 is 20.5 Å². The van der Waals surface area contributed by atoms with E-state index in [9.17, 15) is 19.6 Å². The van der Waals surface area contributed by atoms with Crippen molar-refractivity contribution < 1.29 is 42.8 Å². The van der Waals surface area contributed by atoms with Crippen LogP contribution in [0.25, 0.3) is 0 Å². The number of hydrogen-bond acceptors (Lipinski definition) is 12. The van der Waals surface area contributed by atoms with Gasteiger partial charge in [0, 0.05) is 11.8 Å². The lowest BCUT2D eigenvalue weighted by atomic mass is 9.80. The summed E-state index contributed by atoms with van der Waals surface area (Å²) in [5, 5.41) is 23.7. The van der Waals surface area contributed by atoms with Crippen LogP contribution in [0, 0.1) is 11.3 Å². The third-order valence-corrected chi connectivity index (χ3v) is 9.86. The first kappa shape index (κ1) is 39.2. The van der Waals surface area contributed by atoms with Crippen molar-refractivity contribution in [3.05, 3.63) is 154 Å². The first-order valence-electron chi connectivity index (χ1n) is 17.2. The molecule has 0 radical (unpaired) electrons. The van der Waals surface area contributed by atoms with E-state index in [4.69, 9.17) is 33.3 Å². The van der Waals surface area contributed by atoms with E-state index in [0.717, 1.165) is 10.1 Å². The Morgan fingerprint density at radius 2 is 1.53 bits per heavy atom. The molecule has 1 fully saturated rings. The molecule has 4 aromatic carbocycles. The van der Waals surface area contributed by atoms with Crippen molar-refractivity contribution in [1.82, 2.24) is 9.55 Å². The zero-order chi connectivity index (χ0) is 38.8. The molecule has 0 aliphatic carbocycles. The van der Waals surface area contributed by atoms with Crippen LogP contribution in [0.2, 0.25) is 0 Å². The van der Waals surface area contributed by atoms with Crippen molar-refractivity contribution in [1.29, 1.82) is 5.26 Å². The van der Waals surface area contributed by atoms with E-state index in [-0.39, 0.29) is 31.9 Å².